The number of nitrogens with one attached hydrogen (secondary N) is 1. The van der Waals surface area contributed by atoms with Gasteiger partial charge >= 0.3 is 0 Å². The first-order valence-corrected chi connectivity index (χ1v) is 11.2. The number of benzene rings is 2. The Morgan fingerprint density at radius 1 is 0.857 bits per heavy atom. The lowest BCUT2D eigenvalue weighted by atomic mass is 10.2. The van der Waals surface area contributed by atoms with E-state index in [1.165, 1.54) is 5.56 Å². The molecule has 3 rings (SSSR count). The standard InChI is InChI=1S/C23H31N3OS/c27-23(20-28-22-11-5-2-6-12-22)24-13-7-8-14-25-15-17-26(18-16-25)19-21-9-3-1-4-10-21/h1-6,9-12H,7-8,13-20H2,(H,24,27). The molecule has 2 aromatic rings. The van der Waals surface area contributed by atoms with Crippen molar-refractivity contribution in [3.05, 3.63) is 66.2 Å². The van der Waals surface area contributed by atoms with Gasteiger partial charge in [-0.25, -0.2) is 0 Å². The third kappa shape index (κ3) is 7.66. The van der Waals surface area contributed by atoms with Gasteiger partial charge in [-0.15, -0.1) is 11.8 Å². The van der Waals surface area contributed by atoms with Crippen molar-refractivity contribution < 1.29 is 4.79 Å². The zero-order valence-corrected chi connectivity index (χ0v) is 17.4. The van der Waals surface area contributed by atoms with Crippen molar-refractivity contribution in [1.29, 1.82) is 0 Å². The van der Waals surface area contributed by atoms with Gasteiger partial charge in [0.15, 0.2) is 0 Å². The van der Waals surface area contributed by atoms with E-state index in [-0.39, 0.29) is 5.91 Å². The molecule has 28 heavy (non-hydrogen) atoms. The van der Waals surface area contributed by atoms with Gasteiger partial charge in [0.25, 0.3) is 0 Å². The van der Waals surface area contributed by atoms with E-state index in [4.69, 9.17) is 0 Å². The van der Waals surface area contributed by atoms with E-state index >= 15 is 0 Å². The molecule has 0 atom stereocenters. The third-order valence-electron chi connectivity index (χ3n) is 5.05. The number of thioether (sulfide) groups is 1. The molecular formula is C23H31N3OS. The summed E-state index contributed by atoms with van der Waals surface area (Å²) in [7, 11) is 0. The van der Waals surface area contributed by atoms with Crippen molar-refractivity contribution >= 4 is 17.7 Å². The van der Waals surface area contributed by atoms with Gasteiger partial charge in [0, 0.05) is 44.2 Å². The fourth-order valence-electron chi connectivity index (χ4n) is 3.42. The summed E-state index contributed by atoms with van der Waals surface area (Å²) < 4.78 is 0. The Morgan fingerprint density at radius 3 is 2.21 bits per heavy atom. The van der Waals surface area contributed by atoms with Crippen molar-refractivity contribution in [3.63, 3.8) is 0 Å². The topological polar surface area (TPSA) is 35.6 Å². The number of rotatable bonds is 10. The molecule has 150 valence electrons. The summed E-state index contributed by atoms with van der Waals surface area (Å²) in [5, 5.41) is 3.04. The van der Waals surface area contributed by atoms with E-state index < -0.39 is 0 Å². The van der Waals surface area contributed by atoms with Crippen LogP contribution in [-0.4, -0.2) is 60.7 Å². The molecule has 1 aliphatic rings. The van der Waals surface area contributed by atoms with Gasteiger partial charge < -0.3 is 10.2 Å². The Morgan fingerprint density at radius 2 is 1.50 bits per heavy atom. The van der Waals surface area contributed by atoms with E-state index in [9.17, 15) is 4.79 Å². The van der Waals surface area contributed by atoms with Gasteiger partial charge in [0.1, 0.15) is 0 Å². The second kappa shape index (κ2) is 11.9. The minimum Gasteiger partial charge on any atom is -0.355 e. The van der Waals surface area contributed by atoms with Gasteiger partial charge in [-0.3, -0.25) is 9.69 Å². The molecule has 0 aliphatic carbocycles. The number of piperazine rings is 1. The third-order valence-corrected chi connectivity index (χ3v) is 6.06. The SMILES string of the molecule is O=C(CSc1ccccc1)NCCCCN1CCN(Cc2ccccc2)CC1. The second-order valence-electron chi connectivity index (χ2n) is 7.26. The summed E-state index contributed by atoms with van der Waals surface area (Å²) >= 11 is 1.59. The summed E-state index contributed by atoms with van der Waals surface area (Å²) in [4.78, 5) is 18.2. The van der Waals surface area contributed by atoms with Crippen LogP contribution in [0.2, 0.25) is 0 Å². The zero-order chi connectivity index (χ0) is 19.4. The second-order valence-corrected chi connectivity index (χ2v) is 8.31. The molecule has 1 fully saturated rings. The van der Waals surface area contributed by atoms with E-state index in [0.29, 0.717) is 5.75 Å². The minimum absolute atomic E-state index is 0.128. The Bertz CT molecular complexity index is 688. The maximum absolute atomic E-state index is 11.9. The quantitative estimate of drug-likeness (QED) is 0.492. The van der Waals surface area contributed by atoms with Crippen molar-refractivity contribution in [2.24, 2.45) is 0 Å². The summed E-state index contributed by atoms with van der Waals surface area (Å²) in [6.45, 7) is 7.54. The van der Waals surface area contributed by atoms with Crippen LogP contribution in [0.3, 0.4) is 0 Å². The minimum atomic E-state index is 0.128. The fraction of sp³-hybridized carbons (Fsp3) is 0.435. The van der Waals surface area contributed by atoms with E-state index in [1.807, 2.05) is 30.3 Å². The predicted molar refractivity (Wildman–Crippen MR) is 118 cm³/mol. The van der Waals surface area contributed by atoms with Crippen molar-refractivity contribution in [2.45, 2.75) is 24.3 Å². The van der Waals surface area contributed by atoms with Crippen molar-refractivity contribution in [3.8, 4) is 0 Å². The maximum Gasteiger partial charge on any atom is 0.230 e. The van der Waals surface area contributed by atoms with Crippen molar-refractivity contribution in [1.82, 2.24) is 15.1 Å². The summed E-state index contributed by atoms with van der Waals surface area (Å²) in [5.41, 5.74) is 1.40. The number of nitrogens with zero attached hydrogens (tertiary/aromatic N) is 2. The first-order chi connectivity index (χ1) is 13.8. The zero-order valence-electron chi connectivity index (χ0n) is 16.6. The summed E-state index contributed by atoms with van der Waals surface area (Å²) in [6, 6.07) is 20.8. The van der Waals surface area contributed by atoms with E-state index in [1.54, 1.807) is 11.8 Å². The predicted octanol–water partition coefficient (Wildman–Crippen LogP) is 3.49. The van der Waals surface area contributed by atoms with Crippen LogP contribution in [-0.2, 0) is 11.3 Å². The Balaban J connectivity index is 1.20. The molecule has 0 spiro atoms. The van der Waals surface area contributed by atoms with E-state index in [2.05, 4.69) is 45.4 Å². The average molecular weight is 398 g/mol. The van der Waals surface area contributed by atoms with Crippen LogP contribution in [0.15, 0.2) is 65.6 Å². The highest BCUT2D eigenvalue weighted by Crippen LogP contribution is 2.16. The monoisotopic (exact) mass is 397 g/mol. The lowest BCUT2D eigenvalue weighted by molar-refractivity contribution is -0.118. The molecule has 0 radical (unpaired) electrons. The van der Waals surface area contributed by atoms with Crippen LogP contribution >= 0.6 is 11.8 Å². The number of carbonyl (C=O) groups is 1. The lowest BCUT2D eigenvalue weighted by Crippen LogP contribution is -2.46. The van der Waals surface area contributed by atoms with Gasteiger partial charge in [0.05, 0.1) is 5.75 Å². The number of amides is 1. The molecule has 1 amide bonds. The number of hydrogen-bond donors (Lipinski definition) is 1. The highest BCUT2D eigenvalue weighted by molar-refractivity contribution is 8.00. The Kier molecular flexibility index (Phi) is 8.88. The van der Waals surface area contributed by atoms with Crippen LogP contribution in [0.1, 0.15) is 18.4 Å². The van der Waals surface area contributed by atoms with Gasteiger partial charge in [-0.05, 0) is 37.1 Å². The summed E-state index contributed by atoms with van der Waals surface area (Å²) in [6.07, 6.45) is 2.19. The largest absolute Gasteiger partial charge is 0.355 e. The van der Waals surface area contributed by atoms with Crippen LogP contribution in [0.4, 0.5) is 0 Å². The molecule has 0 saturated carbocycles. The molecule has 0 unspecified atom stereocenters. The first kappa shape index (κ1) is 20.9. The lowest BCUT2D eigenvalue weighted by Gasteiger charge is -2.34. The normalized spacial score (nSPS) is 15.4. The highest BCUT2D eigenvalue weighted by atomic mass is 32.2. The first-order valence-electron chi connectivity index (χ1n) is 10.2. The molecule has 1 saturated heterocycles. The van der Waals surface area contributed by atoms with Gasteiger partial charge in [0.2, 0.25) is 5.91 Å². The number of hydrogen-bond acceptors (Lipinski definition) is 4. The molecule has 1 aliphatic heterocycles. The molecule has 0 aromatic heterocycles. The van der Waals surface area contributed by atoms with Crippen LogP contribution in [0.25, 0.3) is 0 Å². The Hall–Kier alpha value is -1.82. The van der Waals surface area contributed by atoms with Gasteiger partial charge in [-0.2, -0.15) is 0 Å². The van der Waals surface area contributed by atoms with Crippen LogP contribution < -0.4 is 5.32 Å². The fourth-order valence-corrected chi connectivity index (χ4v) is 4.17. The number of carbonyl (C=O) groups excluding carboxylic acids is 1. The number of unbranched alkanes of at least 4 members (excludes halogenated alkanes) is 1. The Labute approximate surface area is 173 Å². The molecule has 0 bridgehead atoms. The molecule has 2 aromatic carbocycles. The van der Waals surface area contributed by atoms with E-state index in [0.717, 1.165) is 63.6 Å². The summed E-state index contributed by atoms with van der Waals surface area (Å²) in [5.74, 6) is 0.622. The molecule has 4 nitrogen and oxygen atoms in total. The van der Waals surface area contributed by atoms with Crippen molar-refractivity contribution in [2.75, 3.05) is 45.0 Å². The molecule has 5 heteroatoms. The molecule has 1 N–H and O–H groups in total. The van der Waals surface area contributed by atoms with Gasteiger partial charge in [-0.1, -0.05) is 48.5 Å². The molecule has 1 heterocycles. The van der Waals surface area contributed by atoms with Crippen LogP contribution in [0.5, 0.6) is 0 Å². The molecular weight excluding hydrogens is 366 g/mol. The van der Waals surface area contributed by atoms with Crippen LogP contribution in [0, 0.1) is 0 Å². The average Bonchev–Trinajstić information content (AvgIpc) is 2.75. The smallest absolute Gasteiger partial charge is 0.230 e. The maximum atomic E-state index is 11.9. The highest BCUT2D eigenvalue weighted by Gasteiger charge is 2.16.